The highest BCUT2D eigenvalue weighted by atomic mass is 79.9. The molecule has 0 spiro atoms. The summed E-state index contributed by atoms with van der Waals surface area (Å²) in [5.74, 6) is 0. The van der Waals surface area contributed by atoms with Crippen molar-refractivity contribution in [1.29, 1.82) is 0 Å². The minimum absolute atomic E-state index is 0.0807. The Bertz CT molecular complexity index is 703. The van der Waals surface area contributed by atoms with Crippen LogP contribution in [0.25, 0.3) is 0 Å². The molecule has 1 aliphatic rings. The molecule has 6 heteroatoms. The maximum absolute atomic E-state index is 10.8. The summed E-state index contributed by atoms with van der Waals surface area (Å²) in [6, 6.07) is 11.0. The van der Waals surface area contributed by atoms with Crippen LogP contribution in [0.2, 0.25) is 0 Å². The fourth-order valence-electron chi connectivity index (χ4n) is 2.51. The number of nitrogens with one attached hydrogen (secondary N) is 2. The van der Waals surface area contributed by atoms with E-state index in [1.165, 1.54) is 22.9 Å². The van der Waals surface area contributed by atoms with Crippen LogP contribution in [-0.4, -0.2) is 11.5 Å². The minimum atomic E-state index is -0.389. The fraction of sp³-hybridized carbons (Fsp3) is 0.200. The summed E-state index contributed by atoms with van der Waals surface area (Å²) in [5.41, 5.74) is 4.49. The SMILES string of the molecule is O=[N+]([O-])c1ccc(Br)c(NCc2cccc3c2NCC3)c1. The van der Waals surface area contributed by atoms with Crippen LogP contribution in [-0.2, 0) is 13.0 Å². The van der Waals surface area contributed by atoms with E-state index in [9.17, 15) is 10.1 Å². The zero-order valence-corrected chi connectivity index (χ0v) is 12.8. The number of halogens is 1. The van der Waals surface area contributed by atoms with Crippen molar-refractivity contribution in [1.82, 2.24) is 0 Å². The number of hydrogen-bond acceptors (Lipinski definition) is 4. The number of anilines is 2. The molecule has 108 valence electrons. The summed E-state index contributed by atoms with van der Waals surface area (Å²) in [6.07, 6.45) is 1.05. The average Bonchev–Trinajstić information content (AvgIpc) is 2.95. The smallest absolute Gasteiger partial charge is 0.271 e. The fourth-order valence-corrected chi connectivity index (χ4v) is 2.90. The van der Waals surface area contributed by atoms with Gasteiger partial charge in [0.2, 0.25) is 0 Å². The first-order valence-electron chi connectivity index (χ1n) is 6.67. The number of fused-ring (bicyclic) bond motifs is 1. The quantitative estimate of drug-likeness (QED) is 0.649. The van der Waals surface area contributed by atoms with Crippen LogP contribution in [0, 0.1) is 10.1 Å². The van der Waals surface area contributed by atoms with Crippen LogP contribution in [0.3, 0.4) is 0 Å². The van der Waals surface area contributed by atoms with Gasteiger partial charge in [0.25, 0.3) is 5.69 Å². The van der Waals surface area contributed by atoms with Gasteiger partial charge in [0.15, 0.2) is 0 Å². The molecule has 0 amide bonds. The minimum Gasteiger partial charge on any atom is -0.384 e. The largest absolute Gasteiger partial charge is 0.384 e. The molecule has 0 radical (unpaired) electrons. The standard InChI is InChI=1S/C15H14BrN3O2/c16-13-5-4-12(19(20)21)8-14(13)18-9-11-3-1-2-10-6-7-17-15(10)11/h1-5,8,17-18H,6-7,9H2. The van der Waals surface area contributed by atoms with E-state index in [0.29, 0.717) is 6.54 Å². The monoisotopic (exact) mass is 347 g/mol. The predicted octanol–water partition coefficient (Wildman–Crippen LogP) is 3.94. The zero-order chi connectivity index (χ0) is 14.8. The van der Waals surface area contributed by atoms with Crippen molar-refractivity contribution in [3.05, 3.63) is 62.1 Å². The summed E-state index contributed by atoms with van der Waals surface area (Å²) in [6.45, 7) is 1.59. The molecular weight excluding hydrogens is 334 g/mol. The van der Waals surface area contributed by atoms with Gasteiger partial charge in [0, 0.05) is 35.4 Å². The van der Waals surface area contributed by atoms with Crippen LogP contribution in [0.4, 0.5) is 17.1 Å². The molecule has 0 fully saturated rings. The lowest BCUT2D eigenvalue weighted by molar-refractivity contribution is -0.384. The van der Waals surface area contributed by atoms with Gasteiger partial charge in [-0.05, 0) is 39.5 Å². The number of nitro groups is 1. The van der Waals surface area contributed by atoms with Crippen LogP contribution in [0.15, 0.2) is 40.9 Å². The maximum Gasteiger partial charge on any atom is 0.271 e. The van der Waals surface area contributed by atoms with E-state index in [1.54, 1.807) is 12.1 Å². The Morgan fingerprint density at radius 1 is 1.33 bits per heavy atom. The van der Waals surface area contributed by atoms with Crippen LogP contribution in [0.5, 0.6) is 0 Å². The summed E-state index contributed by atoms with van der Waals surface area (Å²) in [7, 11) is 0. The molecule has 0 unspecified atom stereocenters. The molecule has 1 aliphatic heterocycles. The van der Waals surface area contributed by atoms with Crippen molar-refractivity contribution in [2.24, 2.45) is 0 Å². The van der Waals surface area contributed by atoms with Crippen LogP contribution in [0.1, 0.15) is 11.1 Å². The molecule has 2 aromatic carbocycles. The molecule has 2 N–H and O–H groups in total. The van der Waals surface area contributed by atoms with Crippen molar-refractivity contribution in [3.63, 3.8) is 0 Å². The molecule has 0 bridgehead atoms. The molecule has 0 atom stereocenters. The number of rotatable bonds is 4. The van der Waals surface area contributed by atoms with Gasteiger partial charge in [0.05, 0.1) is 10.6 Å². The summed E-state index contributed by atoms with van der Waals surface area (Å²) >= 11 is 3.41. The van der Waals surface area contributed by atoms with Crippen molar-refractivity contribution >= 4 is 33.0 Å². The van der Waals surface area contributed by atoms with Gasteiger partial charge in [-0.15, -0.1) is 0 Å². The third kappa shape index (κ3) is 2.85. The highest BCUT2D eigenvalue weighted by molar-refractivity contribution is 9.10. The third-order valence-corrected chi connectivity index (χ3v) is 4.25. The molecule has 21 heavy (non-hydrogen) atoms. The number of nitro benzene ring substituents is 1. The average molecular weight is 348 g/mol. The van der Waals surface area contributed by atoms with Gasteiger partial charge in [-0.1, -0.05) is 18.2 Å². The van der Waals surface area contributed by atoms with E-state index in [2.05, 4.69) is 38.7 Å². The van der Waals surface area contributed by atoms with E-state index < -0.39 is 0 Å². The lowest BCUT2D eigenvalue weighted by Gasteiger charge is -2.12. The van der Waals surface area contributed by atoms with E-state index in [-0.39, 0.29) is 10.6 Å². The Morgan fingerprint density at radius 3 is 3.00 bits per heavy atom. The zero-order valence-electron chi connectivity index (χ0n) is 11.2. The third-order valence-electron chi connectivity index (χ3n) is 3.56. The van der Waals surface area contributed by atoms with E-state index in [0.717, 1.165) is 23.1 Å². The highest BCUT2D eigenvalue weighted by Crippen LogP contribution is 2.30. The summed E-state index contributed by atoms with van der Waals surface area (Å²) < 4.78 is 0.814. The van der Waals surface area contributed by atoms with Gasteiger partial charge < -0.3 is 10.6 Å². The Kier molecular flexibility index (Phi) is 3.79. The van der Waals surface area contributed by atoms with Crippen LogP contribution < -0.4 is 10.6 Å². The van der Waals surface area contributed by atoms with Crippen molar-refractivity contribution in [3.8, 4) is 0 Å². The first-order chi connectivity index (χ1) is 10.1. The van der Waals surface area contributed by atoms with Crippen molar-refractivity contribution < 1.29 is 4.92 Å². The molecule has 5 nitrogen and oxygen atoms in total. The van der Waals surface area contributed by atoms with Gasteiger partial charge in [-0.3, -0.25) is 10.1 Å². The number of para-hydroxylation sites is 1. The van der Waals surface area contributed by atoms with E-state index in [4.69, 9.17) is 0 Å². The normalized spacial score (nSPS) is 12.6. The van der Waals surface area contributed by atoms with Gasteiger partial charge in [0.1, 0.15) is 0 Å². The van der Waals surface area contributed by atoms with E-state index in [1.807, 2.05) is 6.07 Å². The lowest BCUT2D eigenvalue weighted by Crippen LogP contribution is -2.04. The topological polar surface area (TPSA) is 67.2 Å². The summed E-state index contributed by atoms with van der Waals surface area (Å²) in [4.78, 5) is 10.5. The van der Waals surface area contributed by atoms with E-state index >= 15 is 0 Å². The Labute approximate surface area is 130 Å². The Hall–Kier alpha value is -2.08. The highest BCUT2D eigenvalue weighted by Gasteiger charge is 2.14. The van der Waals surface area contributed by atoms with Gasteiger partial charge >= 0.3 is 0 Å². The number of benzene rings is 2. The Morgan fingerprint density at radius 2 is 2.19 bits per heavy atom. The van der Waals surface area contributed by atoms with Crippen molar-refractivity contribution in [2.75, 3.05) is 17.2 Å². The number of nitrogens with zero attached hydrogens (tertiary/aromatic N) is 1. The molecule has 3 rings (SSSR count). The molecular formula is C15H14BrN3O2. The second-order valence-corrected chi connectivity index (χ2v) is 5.76. The van der Waals surface area contributed by atoms with Crippen LogP contribution >= 0.6 is 15.9 Å². The first kappa shape index (κ1) is 13.9. The number of hydrogen-bond donors (Lipinski definition) is 2. The second kappa shape index (κ2) is 5.73. The molecule has 2 aromatic rings. The molecule has 0 saturated carbocycles. The molecule has 0 aliphatic carbocycles. The number of non-ortho nitro benzene ring substituents is 1. The summed E-state index contributed by atoms with van der Waals surface area (Å²) in [5, 5.41) is 17.5. The maximum atomic E-state index is 10.8. The van der Waals surface area contributed by atoms with Gasteiger partial charge in [-0.2, -0.15) is 0 Å². The lowest BCUT2D eigenvalue weighted by atomic mass is 10.1. The molecule has 0 saturated heterocycles. The second-order valence-electron chi connectivity index (χ2n) is 4.90. The van der Waals surface area contributed by atoms with Crippen molar-refractivity contribution in [2.45, 2.75) is 13.0 Å². The van der Waals surface area contributed by atoms with Gasteiger partial charge in [-0.25, -0.2) is 0 Å². The predicted molar refractivity (Wildman–Crippen MR) is 86.8 cm³/mol. The molecule has 0 aromatic heterocycles. The molecule has 1 heterocycles. The Balaban J connectivity index is 1.81. The first-order valence-corrected chi connectivity index (χ1v) is 7.47.